The highest BCUT2D eigenvalue weighted by molar-refractivity contribution is 6.31. The molecule has 3 rings (SSSR count). The van der Waals surface area contributed by atoms with Crippen LogP contribution in [-0.4, -0.2) is 36.6 Å². The summed E-state index contributed by atoms with van der Waals surface area (Å²) in [5.74, 6) is 0.284. The standard InChI is InChI=1S/C21H22ClN3O2/c1-14-8-10-15(11-9-14)20-12-18(24-27-20)21(26)23-13-19(25(2)3)16-6-4-5-7-17(16)22/h4-12,19H,13H2,1-3H3,(H,23,26)/t19-/m1/s1. The number of nitrogens with zero attached hydrogens (tertiary/aromatic N) is 2. The number of amides is 1. The fourth-order valence-corrected chi connectivity index (χ4v) is 3.09. The number of benzene rings is 2. The molecule has 0 saturated carbocycles. The Morgan fingerprint density at radius 1 is 1.19 bits per heavy atom. The zero-order chi connectivity index (χ0) is 19.4. The zero-order valence-corrected chi connectivity index (χ0v) is 16.3. The predicted octanol–water partition coefficient (Wildman–Crippen LogP) is 4.34. The van der Waals surface area contributed by atoms with E-state index in [2.05, 4.69) is 10.5 Å². The molecule has 0 bridgehead atoms. The first-order chi connectivity index (χ1) is 13.0. The molecule has 1 amide bonds. The lowest BCUT2D eigenvalue weighted by Crippen LogP contribution is -2.34. The topological polar surface area (TPSA) is 58.4 Å². The molecule has 2 aromatic carbocycles. The molecule has 0 unspecified atom stereocenters. The van der Waals surface area contributed by atoms with Crippen molar-refractivity contribution < 1.29 is 9.32 Å². The summed E-state index contributed by atoms with van der Waals surface area (Å²) in [5.41, 5.74) is 3.26. The van der Waals surface area contributed by atoms with E-state index in [1.807, 2.05) is 74.4 Å². The van der Waals surface area contributed by atoms with Crippen molar-refractivity contribution in [3.63, 3.8) is 0 Å². The van der Waals surface area contributed by atoms with Gasteiger partial charge in [-0.1, -0.05) is 64.8 Å². The van der Waals surface area contributed by atoms with E-state index >= 15 is 0 Å². The largest absolute Gasteiger partial charge is 0.355 e. The summed E-state index contributed by atoms with van der Waals surface area (Å²) >= 11 is 6.31. The van der Waals surface area contributed by atoms with Gasteiger partial charge in [0.2, 0.25) is 0 Å². The SMILES string of the molecule is Cc1ccc(-c2cc(C(=O)NC[C@H](c3ccccc3Cl)N(C)C)no2)cc1. The van der Waals surface area contributed by atoms with Gasteiger partial charge < -0.3 is 14.7 Å². The van der Waals surface area contributed by atoms with Gasteiger partial charge in [0.15, 0.2) is 11.5 Å². The molecular formula is C21H22ClN3O2. The first-order valence-corrected chi connectivity index (χ1v) is 9.06. The van der Waals surface area contributed by atoms with E-state index in [-0.39, 0.29) is 17.6 Å². The molecule has 1 aromatic heterocycles. The predicted molar refractivity (Wildman–Crippen MR) is 107 cm³/mol. The molecule has 1 heterocycles. The number of nitrogens with one attached hydrogen (secondary N) is 1. The number of rotatable bonds is 6. The van der Waals surface area contributed by atoms with Crippen molar-refractivity contribution in [3.8, 4) is 11.3 Å². The third-order valence-corrected chi connectivity index (χ3v) is 4.77. The fraction of sp³-hybridized carbons (Fsp3) is 0.238. The van der Waals surface area contributed by atoms with Gasteiger partial charge in [-0.3, -0.25) is 4.79 Å². The number of aryl methyl sites for hydroxylation is 1. The van der Waals surface area contributed by atoms with Crippen molar-refractivity contribution in [2.75, 3.05) is 20.6 Å². The molecule has 0 aliphatic heterocycles. The summed E-state index contributed by atoms with van der Waals surface area (Å²) < 4.78 is 5.33. The number of hydrogen-bond donors (Lipinski definition) is 1. The van der Waals surface area contributed by atoms with E-state index < -0.39 is 0 Å². The minimum absolute atomic E-state index is 0.0499. The second-order valence-electron chi connectivity index (χ2n) is 6.65. The molecule has 0 aliphatic carbocycles. The van der Waals surface area contributed by atoms with Crippen LogP contribution < -0.4 is 5.32 Å². The van der Waals surface area contributed by atoms with Gasteiger partial charge in [0, 0.05) is 23.2 Å². The Balaban J connectivity index is 1.70. The van der Waals surface area contributed by atoms with Gasteiger partial charge in [0.05, 0.1) is 6.04 Å². The van der Waals surface area contributed by atoms with Gasteiger partial charge in [-0.25, -0.2) is 0 Å². The minimum Gasteiger partial charge on any atom is -0.355 e. The maximum absolute atomic E-state index is 12.5. The number of hydrogen-bond acceptors (Lipinski definition) is 4. The first-order valence-electron chi connectivity index (χ1n) is 8.68. The summed E-state index contributed by atoms with van der Waals surface area (Å²) in [7, 11) is 3.90. The quantitative estimate of drug-likeness (QED) is 0.688. The van der Waals surface area contributed by atoms with Crippen molar-refractivity contribution in [2.45, 2.75) is 13.0 Å². The van der Waals surface area contributed by atoms with Crippen molar-refractivity contribution in [1.82, 2.24) is 15.4 Å². The maximum atomic E-state index is 12.5. The Morgan fingerprint density at radius 2 is 1.89 bits per heavy atom. The number of carbonyl (C=O) groups is 1. The molecule has 0 fully saturated rings. The average molecular weight is 384 g/mol. The number of likely N-dealkylation sites (N-methyl/N-ethyl adjacent to an activating group) is 1. The molecule has 6 heteroatoms. The summed E-state index contributed by atoms with van der Waals surface area (Å²) in [4.78, 5) is 14.5. The highest BCUT2D eigenvalue weighted by Gasteiger charge is 2.20. The van der Waals surface area contributed by atoms with Crippen LogP contribution in [-0.2, 0) is 0 Å². The second kappa shape index (κ2) is 8.37. The van der Waals surface area contributed by atoms with Gasteiger partial charge in [0.1, 0.15) is 0 Å². The Bertz CT molecular complexity index is 919. The summed E-state index contributed by atoms with van der Waals surface area (Å²) in [5, 5.41) is 7.49. The van der Waals surface area contributed by atoms with E-state index in [4.69, 9.17) is 16.1 Å². The zero-order valence-electron chi connectivity index (χ0n) is 15.6. The molecule has 140 valence electrons. The summed E-state index contributed by atoms with van der Waals surface area (Å²) in [6.07, 6.45) is 0. The first kappa shape index (κ1) is 19.1. The van der Waals surface area contributed by atoms with E-state index in [9.17, 15) is 4.79 Å². The maximum Gasteiger partial charge on any atom is 0.273 e. The van der Waals surface area contributed by atoms with Crippen LogP contribution in [0.1, 0.15) is 27.7 Å². The molecule has 0 radical (unpaired) electrons. The van der Waals surface area contributed by atoms with Crippen LogP contribution in [0.15, 0.2) is 59.1 Å². The van der Waals surface area contributed by atoms with Crippen molar-refractivity contribution in [2.24, 2.45) is 0 Å². The van der Waals surface area contributed by atoms with Crippen molar-refractivity contribution in [3.05, 3.63) is 76.4 Å². The van der Waals surface area contributed by atoms with Crippen molar-refractivity contribution in [1.29, 1.82) is 0 Å². The second-order valence-corrected chi connectivity index (χ2v) is 7.06. The number of carbonyl (C=O) groups excluding carboxylic acids is 1. The van der Waals surface area contributed by atoms with Gasteiger partial charge in [-0.15, -0.1) is 0 Å². The molecule has 0 spiro atoms. The van der Waals surface area contributed by atoms with Crippen LogP contribution in [0.3, 0.4) is 0 Å². The Morgan fingerprint density at radius 3 is 2.56 bits per heavy atom. The number of aromatic nitrogens is 1. The average Bonchev–Trinajstić information content (AvgIpc) is 3.14. The monoisotopic (exact) mass is 383 g/mol. The van der Waals surface area contributed by atoms with Crippen LogP contribution in [0.25, 0.3) is 11.3 Å². The highest BCUT2D eigenvalue weighted by Crippen LogP contribution is 2.25. The third-order valence-electron chi connectivity index (χ3n) is 4.42. The molecule has 3 aromatic rings. The Kier molecular flexibility index (Phi) is 5.94. The lowest BCUT2D eigenvalue weighted by atomic mass is 10.1. The lowest BCUT2D eigenvalue weighted by Gasteiger charge is -2.25. The molecule has 0 saturated heterocycles. The molecular weight excluding hydrogens is 362 g/mol. The summed E-state index contributed by atoms with van der Waals surface area (Å²) in [6.45, 7) is 2.42. The van der Waals surface area contributed by atoms with Crippen LogP contribution in [0, 0.1) is 6.92 Å². The van der Waals surface area contributed by atoms with E-state index in [0.29, 0.717) is 17.3 Å². The van der Waals surface area contributed by atoms with Crippen LogP contribution in [0.5, 0.6) is 0 Å². The molecule has 1 N–H and O–H groups in total. The van der Waals surface area contributed by atoms with E-state index in [1.54, 1.807) is 6.07 Å². The van der Waals surface area contributed by atoms with Crippen LogP contribution >= 0.6 is 11.6 Å². The smallest absolute Gasteiger partial charge is 0.273 e. The van der Waals surface area contributed by atoms with Gasteiger partial charge >= 0.3 is 0 Å². The number of halogens is 1. The van der Waals surface area contributed by atoms with Crippen LogP contribution in [0.2, 0.25) is 5.02 Å². The molecule has 5 nitrogen and oxygen atoms in total. The van der Waals surface area contributed by atoms with E-state index in [0.717, 1.165) is 16.7 Å². The van der Waals surface area contributed by atoms with Gasteiger partial charge in [0.25, 0.3) is 5.91 Å². The van der Waals surface area contributed by atoms with Gasteiger partial charge in [-0.05, 0) is 32.6 Å². The summed E-state index contributed by atoms with van der Waals surface area (Å²) in [6, 6.07) is 17.1. The third kappa shape index (κ3) is 4.56. The molecule has 27 heavy (non-hydrogen) atoms. The fourth-order valence-electron chi connectivity index (χ4n) is 2.83. The van der Waals surface area contributed by atoms with Crippen molar-refractivity contribution >= 4 is 17.5 Å². The Hall–Kier alpha value is -2.63. The van der Waals surface area contributed by atoms with Crippen LogP contribution in [0.4, 0.5) is 0 Å². The van der Waals surface area contributed by atoms with Gasteiger partial charge in [-0.2, -0.15) is 0 Å². The Labute approximate surface area is 163 Å². The molecule has 1 atom stereocenters. The minimum atomic E-state index is -0.281. The molecule has 0 aliphatic rings. The lowest BCUT2D eigenvalue weighted by molar-refractivity contribution is 0.0933. The normalized spacial score (nSPS) is 12.2. The highest BCUT2D eigenvalue weighted by atomic mass is 35.5. The van der Waals surface area contributed by atoms with E-state index in [1.165, 1.54) is 0 Å².